The predicted molar refractivity (Wildman–Crippen MR) is 243 cm³/mol. The molecule has 63 heavy (non-hydrogen) atoms. The van der Waals surface area contributed by atoms with Gasteiger partial charge < -0.3 is 34.6 Å². The van der Waals surface area contributed by atoms with Crippen LogP contribution in [0.4, 0.5) is 23.1 Å². The molecular weight excluding hydrogens is 824 g/mol. The number of rotatable bonds is 14. The fourth-order valence-electron chi connectivity index (χ4n) is 9.98. The van der Waals surface area contributed by atoms with E-state index in [9.17, 15) is 24.0 Å². The lowest BCUT2D eigenvalue weighted by atomic mass is 9.57. The summed E-state index contributed by atoms with van der Waals surface area (Å²) < 4.78 is 7.29. The highest BCUT2D eigenvalue weighted by Gasteiger charge is 2.46. The number of anilines is 4. The molecule has 16 nitrogen and oxygen atoms in total. The van der Waals surface area contributed by atoms with E-state index in [0.29, 0.717) is 41.1 Å². The topological polar surface area (TPSA) is 174 Å². The van der Waals surface area contributed by atoms with Crippen LogP contribution in [0.15, 0.2) is 53.5 Å². The number of piperazine rings is 1. The van der Waals surface area contributed by atoms with Gasteiger partial charge in [-0.2, -0.15) is 4.98 Å². The van der Waals surface area contributed by atoms with Crippen LogP contribution in [0, 0.1) is 18.3 Å². The van der Waals surface area contributed by atoms with E-state index < -0.39 is 11.9 Å². The number of carbonyl (C=O) groups is 4. The molecule has 3 N–H and O–H groups in total. The second kappa shape index (κ2) is 18.5. The van der Waals surface area contributed by atoms with Gasteiger partial charge in [-0.25, -0.2) is 4.98 Å². The number of pyridine rings is 1. The molecule has 0 bridgehead atoms. The fourth-order valence-corrected chi connectivity index (χ4v) is 10.1. The number of carbonyl (C=O) groups excluding carboxylic acids is 4. The van der Waals surface area contributed by atoms with Crippen LogP contribution in [0.25, 0.3) is 10.9 Å². The molecule has 3 saturated heterocycles. The Kier molecular flexibility index (Phi) is 12.9. The van der Waals surface area contributed by atoms with Crippen molar-refractivity contribution in [1.29, 1.82) is 0 Å². The summed E-state index contributed by atoms with van der Waals surface area (Å²) in [6.45, 7) is 12.5. The third-order valence-electron chi connectivity index (χ3n) is 13.4. The van der Waals surface area contributed by atoms with Gasteiger partial charge in [-0.15, -0.1) is 0 Å². The van der Waals surface area contributed by atoms with Crippen molar-refractivity contribution < 1.29 is 23.9 Å². The maximum Gasteiger partial charge on any atom is 0.293 e. The van der Waals surface area contributed by atoms with Crippen LogP contribution in [-0.4, -0.2) is 114 Å². The summed E-state index contributed by atoms with van der Waals surface area (Å²) in [6, 6.07) is 12.8. The normalized spacial score (nSPS) is 19.2. The SMILES string of the molecule is CNC(=O)COc1cc2cc(Nc3nc(N4CCC5(CC4)CC(CN4CCN(c6cccc(C)c6CN(C=O)C6CCC(=O)NC6=O)CC4)C5)ncc3Cl)ccc2n(C(C)C)c1=O. The van der Waals surface area contributed by atoms with Gasteiger partial charge in [0, 0.05) is 88.6 Å². The number of ether oxygens (including phenoxy) is 1. The summed E-state index contributed by atoms with van der Waals surface area (Å²) in [5.41, 5.74) is 4.74. The van der Waals surface area contributed by atoms with E-state index in [1.807, 2.05) is 45.0 Å². The number of hydrogen-bond acceptors (Lipinski definition) is 12. The molecule has 5 heterocycles. The van der Waals surface area contributed by atoms with Gasteiger partial charge in [-0.05, 0) is 106 Å². The number of nitrogens with zero attached hydrogens (tertiary/aromatic N) is 7. The molecule has 1 aliphatic carbocycles. The maximum absolute atomic E-state index is 13.3. The van der Waals surface area contributed by atoms with Crippen LogP contribution in [-0.2, 0) is 25.7 Å². The number of hydrogen-bond donors (Lipinski definition) is 3. The van der Waals surface area contributed by atoms with Crippen molar-refractivity contribution in [3.05, 3.63) is 75.2 Å². The molecule has 4 amide bonds. The number of nitrogens with one attached hydrogen (secondary N) is 3. The van der Waals surface area contributed by atoms with E-state index in [1.165, 1.54) is 24.8 Å². The Morgan fingerprint density at radius 2 is 1.81 bits per heavy atom. The van der Waals surface area contributed by atoms with Crippen molar-refractivity contribution in [2.75, 3.05) is 74.6 Å². The summed E-state index contributed by atoms with van der Waals surface area (Å²) in [5.74, 6) is 0.871. The van der Waals surface area contributed by atoms with Gasteiger partial charge in [-0.3, -0.25) is 34.2 Å². The average molecular weight is 881 g/mol. The molecule has 1 atom stereocenters. The third kappa shape index (κ3) is 9.47. The summed E-state index contributed by atoms with van der Waals surface area (Å²) in [4.78, 5) is 79.9. The van der Waals surface area contributed by atoms with Gasteiger partial charge in [0.2, 0.25) is 24.2 Å². The molecule has 1 spiro atoms. The Labute approximate surface area is 372 Å². The number of fused-ring (bicyclic) bond motifs is 1. The van der Waals surface area contributed by atoms with Crippen molar-refractivity contribution in [1.82, 2.24) is 35.0 Å². The Balaban J connectivity index is 0.837. The Morgan fingerprint density at radius 3 is 2.51 bits per heavy atom. The number of benzene rings is 2. The molecule has 17 heteroatoms. The third-order valence-corrected chi connectivity index (χ3v) is 13.7. The van der Waals surface area contributed by atoms with Crippen molar-refractivity contribution in [3.63, 3.8) is 0 Å². The van der Waals surface area contributed by atoms with E-state index in [0.717, 1.165) is 98.5 Å². The molecule has 4 aliphatic rings. The standard InChI is InChI=1S/C46H57ClN10O6/c1-29(2)57-36-9-8-33(20-32(36)21-39(44(57)62)63-27-41(60)48-4)50-42-35(47)24-49-45(52-42)55-14-12-46(13-15-55)22-31(23-46)25-53-16-18-54(19-17-53)37-7-5-6-30(3)34(37)26-56(28-58)38-10-11-40(59)51-43(38)61/h5-9,20-21,24,28-29,31,38H,10-19,22-23,25-27H2,1-4H3,(H,48,60)(H,49,50,52)(H,51,59,61). The number of likely N-dealkylation sites (N-methyl/N-ethyl adjacent to an activating group) is 1. The zero-order valence-electron chi connectivity index (χ0n) is 36.5. The van der Waals surface area contributed by atoms with Crippen LogP contribution in [0.2, 0.25) is 5.02 Å². The van der Waals surface area contributed by atoms with Crippen LogP contribution in [0.1, 0.15) is 69.5 Å². The first-order chi connectivity index (χ1) is 30.3. The molecule has 8 rings (SSSR count). The highest BCUT2D eigenvalue weighted by atomic mass is 35.5. The molecule has 4 aromatic rings. The zero-order chi connectivity index (χ0) is 44.4. The molecule has 2 aromatic heterocycles. The lowest BCUT2D eigenvalue weighted by Gasteiger charge is -2.53. The fraction of sp³-hybridized carbons (Fsp3) is 0.500. The first-order valence-corrected chi connectivity index (χ1v) is 22.4. The number of imide groups is 1. The van der Waals surface area contributed by atoms with Crippen LogP contribution in [0.3, 0.4) is 0 Å². The van der Waals surface area contributed by atoms with Gasteiger partial charge in [0.05, 0.1) is 11.7 Å². The smallest absolute Gasteiger partial charge is 0.293 e. The Bertz CT molecular complexity index is 2440. The van der Waals surface area contributed by atoms with Crippen LogP contribution >= 0.6 is 11.6 Å². The molecule has 3 aliphatic heterocycles. The first-order valence-electron chi connectivity index (χ1n) is 22.0. The van der Waals surface area contributed by atoms with Crippen molar-refractivity contribution in [2.24, 2.45) is 11.3 Å². The minimum atomic E-state index is -0.651. The summed E-state index contributed by atoms with van der Waals surface area (Å²) in [6.07, 6.45) is 7.57. The van der Waals surface area contributed by atoms with Gasteiger partial charge in [0.15, 0.2) is 18.2 Å². The largest absolute Gasteiger partial charge is 0.478 e. The van der Waals surface area contributed by atoms with E-state index in [4.69, 9.17) is 21.3 Å². The Hall–Kier alpha value is -5.74. The number of piperidine rings is 2. The van der Waals surface area contributed by atoms with E-state index in [2.05, 4.69) is 47.8 Å². The highest BCUT2D eigenvalue weighted by molar-refractivity contribution is 6.33. The highest BCUT2D eigenvalue weighted by Crippen LogP contribution is 2.53. The quantitative estimate of drug-likeness (QED) is 0.117. The van der Waals surface area contributed by atoms with Gasteiger partial charge in [0.1, 0.15) is 11.1 Å². The van der Waals surface area contributed by atoms with Gasteiger partial charge in [-0.1, -0.05) is 23.7 Å². The van der Waals surface area contributed by atoms with Crippen molar-refractivity contribution >= 4 is 69.8 Å². The Morgan fingerprint density at radius 1 is 1.05 bits per heavy atom. The average Bonchev–Trinajstić information content (AvgIpc) is 3.26. The van der Waals surface area contributed by atoms with Crippen molar-refractivity contribution in [2.45, 2.75) is 77.9 Å². The molecule has 0 radical (unpaired) electrons. The number of aryl methyl sites for hydroxylation is 1. The van der Waals surface area contributed by atoms with E-state index in [-0.39, 0.29) is 42.2 Å². The number of halogens is 1. The zero-order valence-corrected chi connectivity index (χ0v) is 37.2. The summed E-state index contributed by atoms with van der Waals surface area (Å²) in [7, 11) is 1.52. The van der Waals surface area contributed by atoms with Crippen molar-refractivity contribution in [3.8, 4) is 5.75 Å². The summed E-state index contributed by atoms with van der Waals surface area (Å²) >= 11 is 6.63. The lowest BCUT2D eigenvalue weighted by molar-refractivity contribution is -0.141. The molecule has 4 fully saturated rings. The second-order valence-electron chi connectivity index (χ2n) is 17.9. The molecule has 1 saturated carbocycles. The predicted octanol–water partition coefficient (Wildman–Crippen LogP) is 4.79. The molecule has 1 unspecified atom stereocenters. The van der Waals surface area contributed by atoms with Crippen LogP contribution in [0.5, 0.6) is 5.75 Å². The lowest BCUT2D eigenvalue weighted by Crippen LogP contribution is -2.53. The summed E-state index contributed by atoms with van der Waals surface area (Å²) in [5, 5.41) is 9.41. The number of aromatic nitrogens is 3. The first kappa shape index (κ1) is 43.9. The number of amides is 4. The van der Waals surface area contributed by atoms with E-state index in [1.54, 1.807) is 16.8 Å². The van der Waals surface area contributed by atoms with Gasteiger partial charge >= 0.3 is 0 Å². The minimum absolute atomic E-state index is 0.100. The van der Waals surface area contributed by atoms with E-state index >= 15 is 0 Å². The molecular formula is C46H57ClN10O6. The molecule has 334 valence electrons. The second-order valence-corrected chi connectivity index (χ2v) is 18.3. The van der Waals surface area contributed by atoms with Gasteiger partial charge in [0.25, 0.3) is 11.5 Å². The monoisotopic (exact) mass is 880 g/mol. The maximum atomic E-state index is 13.3. The van der Waals surface area contributed by atoms with Crippen LogP contribution < -0.4 is 36.0 Å². The minimum Gasteiger partial charge on any atom is -0.478 e. The molecule has 2 aromatic carbocycles.